The molecule has 18 heavy (non-hydrogen) atoms. The number of benzene rings is 1. The Morgan fingerprint density at radius 1 is 1.44 bits per heavy atom. The quantitative estimate of drug-likeness (QED) is 0.830. The second-order valence-electron chi connectivity index (χ2n) is 3.69. The fourth-order valence-corrected chi connectivity index (χ4v) is 2.20. The topological polar surface area (TPSA) is 83.6 Å². The lowest BCUT2D eigenvalue weighted by Gasteiger charge is -2.08. The van der Waals surface area contributed by atoms with Crippen LogP contribution in [0.5, 0.6) is 5.75 Å². The second kappa shape index (κ2) is 4.73. The van der Waals surface area contributed by atoms with Gasteiger partial charge in [0.1, 0.15) is 11.4 Å². The lowest BCUT2D eigenvalue weighted by atomic mass is 10.1. The number of hydrogen-bond donors (Lipinski definition) is 2. The van der Waals surface area contributed by atoms with Crippen molar-refractivity contribution in [2.75, 3.05) is 6.26 Å². The molecule has 2 aromatic rings. The molecule has 1 aromatic heterocycles. The van der Waals surface area contributed by atoms with E-state index in [1.165, 1.54) is 17.8 Å². The molecule has 0 aliphatic rings. The highest BCUT2D eigenvalue weighted by atomic mass is 32.2. The van der Waals surface area contributed by atoms with Crippen molar-refractivity contribution >= 4 is 17.7 Å². The van der Waals surface area contributed by atoms with E-state index in [1.54, 1.807) is 13.0 Å². The van der Waals surface area contributed by atoms with Crippen LogP contribution in [0.3, 0.4) is 0 Å². The molecular weight excluding hydrogens is 254 g/mol. The Bertz CT molecular complexity index is 606. The zero-order valence-corrected chi connectivity index (χ0v) is 10.6. The molecule has 5 nitrogen and oxygen atoms in total. The van der Waals surface area contributed by atoms with Crippen molar-refractivity contribution < 1.29 is 19.5 Å². The van der Waals surface area contributed by atoms with Crippen LogP contribution < -0.4 is 0 Å². The zero-order valence-electron chi connectivity index (χ0n) is 9.80. The molecule has 0 fully saturated rings. The first-order chi connectivity index (χ1) is 8.54. The van der Waals surface area contributed by atoms with Gasteiger partial charge in [-0.1, -0.05) is 11.2 Å². The zero-order chi connectivity index (χ0) is 13.3. The largest absolute Gasteiger partial charge is 0.507 e. The van der Waals surface area contributed by atoms with Gasteiger partial charge in [-0.15, -0.1) is 11.8 Å². The minimum Gasteiger partial charge on any atom is -0.507 e. The highest BCUT2D eigenvalue weighted by Gasteiger charge is 2.18. The molecule has 6 heteroatoms. The van der Waals surface area contributed by atoms with Gasteiger partial charge in [-0.25, -0.2) is 4.79 Å². The van der Waals surface area contributed by atoms with Crippen LogP contribution in [0.1, 0.15) is 16.1 Å². The van der Waals surface area contributed by atoms with Gasteiger partial charge in [0.15, 0.2) is 0 Å². The maximum Gasteiger partial charge on any atom is 0.374 e. The molecule has 0 bridgehead atoms. The number of rotatable bonds is 3. The van der Waals surface area contributed by atoms with E-state index in [0.717, 1.165) is 4.90 Å². The van der Waals surface area contributed by atoms with E-state index >= 15 is 0 Å². The van der Waals surface area contributed by atoms with Crippen LogP contribution in [0, 0.1) is 6.92 Å². The first-order valence-electron chi connectivity index (χ1n) is 5.11. The molecule has 1 heterocycles. The number of phenolic OH excluding ortho intramolecular Hbond substituents is 1. The van der Waals surface area contributed by atoms with Crippen LogP contribution >= 0.6 is 11.8 Å². The van der Waals surface area contributed by atoms with Gasteiger partial charge in [-0.05, 0) is 24.8 Å². The van der Waals surface area contributed by atoms with E-state index in [2.05, 4.69) is 5.16 Å². The Labute approximate surface area is 107 Å². The highest BCUT2D eigenvalue weighted by Crippen LogP contribution is 2.38. The fraction of sp³-hybridized carbons (Fsp3) is 0.167. The van der Waals surface area contributed by atoms with Crippen molar-refractivity contribution in [3.05, 3.63) is 29.5 Å². The SMILES string of the molecule is CSc1ccc(C)c(O)c1-c1cc(C(=O)O)on1. The van der Waals surface area contributed by atoms with E-state index in [9.17, 15) is 9.90 Å². The third-order valence-electron chi connectivity index (χ3n) is 2.54. The van der Waals surface area contributed by atoms with Crippen molar-refractivity contribution in [1.29, 1.82) is 0 Å². The summed E-state index contributed by atoms with van der Waals surface area (Å²) in [5.74, 6) is -1.35. The fourth-order valence-electron chi connectivity index (χ4n) is 1.59. The lowest BCUT2D eigenvalue weighted by Crippen LogP contribution is -1.91. The van der Waals surface area contributed by atoms with E-state index in [4.69, 9.17) is 9.63 Å². The summed E-state index contributed by atoms with van der Waals surface area (Å²) in [5, 5.41) is 22.6. The molecule has 0 aliphatic carbocycles. The predicted molar refractivity (Wildman–Crippen MR) is 67.1 cm³/mol. The van der Waals surface area contributed by atoms with Gasteiger partial charge in [-0.3, -0.25) is 0 Å². The highest BCUT2D eigenvalue weighted by molar-refractivity contribution is 7.98. The maximum atomic E-state index is 10.8. The molecule has 0 atom stereocenters. The van der Waals surface area contributed by atoms with Gasteiger partial charge >= 0.3 is 5.97 Å². The van der Waals surface area contributed by atoms with Crippen LogP contribution in [-0.2, 0) is 0 Å². The third kappa shape index (κ3) is 2.06. The molecule has 0 aliphatic heterocycles. The summed E-state index contributed by atoms with van der Waals surface area (Å²) in [6.07, 6.45) is 1.87. The Morgan fingerprint density at radius 2 is 2.17 bits per heavy atom. The Kier molecular flexibility index (Phi) is 3.29. The summed E-state index contributed by atoms with van der Waals surface area (Å²) >= 11 is 1.44. The minimum absolute atomic E-state index is 0.0899. The third-order valence-corrected chi connectivity index (χ3v) is 3.32. The Balaban J connectivity index is 2.61. The minimum atomic E-state index is -1.19. The van der Waals surface area contributed by atoms with Gasteiger partial charge < -0.3 is 14.7 Å². The number of thioether (sulfide) groups is 1. The average molecular weight is 265 g/mol. The van der Waals surface area contributed by atoms with Gasteiger partial charge in [-0.2, -0.15) is 0 Å². The molecule has 0 unspecified atom stereocenters. The molecule has 0 spiro atoms. The molecule has 0 saturated carbocycles. The number of hydrogen-bond acceptors (Lipinski definition) is 5. The smallest absolute Gasteiger partial charge is 0.374 e. The number of nitrogens with zero attached hydrogens (tertiary/aromatic N) is 1. The van der Waals surface area contributed by atoms with Crippen molar-refractivity contribution in [3.63, 3.8) is 0 Å². The maximum absolute atomic E-state index is 10.8. The lowest BCUT2D eigenvalue weighted by molar-refractivity contribution is 0.0652. The first-order valence-corrected chi connectivity index (χ1v) is 6.34. The summed E-state index contributed by atoms with van der Waals surface area (Å²) in [6.45, 7) is 1.77. The number of aryl methyl sites for hydroxylation is 1. The number of carboxylic acid groups (broad SMARTS) is 1. The van der Waals surface area contributed by atoms with Crippen LogP contribution in [0.2, 0.25) is 0 Å². The number of carboxylic acids is 1. The van der Waals surface area contributed by atoms with Crippen LogP contribution in [0.25, 0.3) is 11.3 Å². The van der Waals surface area contributed by atoms with Gasteiger partial charge in [0.25, 0.3) is 0 Å². The van der Waals surface area contributed by atoms with Gasteiger partial charge in [0.05, 0.1) is 5.56 Å². The van der Waals surface area contributed by atoms with Crippen molar-refractivity contribution in [1.82, 2.24) is 5.16 Å². The molecular formula is C12H11NO4S. The molecule has 2 rings (SSSR count). The van der Waals surface area contributed by atoms with Crippen LogP contribution in [-0.4, -0.2) is 27.6 Å². The number of carbonyl (C=O) groups is 1. The number of aromatic hydroxyl groups is 1. The normalized spacial score (nSPS) is 10.6. The average Bonchev–Trinajstić information content (AvgIpc) is 2.81. The Morgan fingerprint density at radius 3 is 2.72 bits per heavy atom. The number of aromatic carboxylic acids is 1. The van der Waals surface area contributed by atoms with E-state index in [0.29, 0.717) is 16.8 Å². The molecule has 0 saturated heterocycles. The molecule has 2 N–H and O–H groups in total. The van der Waals surface area contributed by atoms with Crippen molar-refractivity contribution in [2.45, 2.75) is 11.8 Å². The molecule has 0 amide bonds. The van der Waals surface area contributed by atoms with E-state index in [-0.39, 0.29) is 11.5 Å². The van der Waals surface area contributed by atoms with E-state index in [1.807, 2.05) is 12.3 Å². The Hall–Kier alpha value is -1.95. The first kappa shape index (κ1) is 12.5. The molecule has 94 valence electrons. The number of aromatic nitrogens is 1. The van der Waals surface area contributed by atoms with Crippen LogP contribution in [0.4, 0.5) is 0 Å². The summed E-state index contributed by atoms with van der Waals surface area (Å²) in [5.41, 5.74) is 1.51. The summed E-state index contributed by atoms with van der Waals surface area (Å²) in [6, 6.07) is 4.95. The summed E-state index contributed by atoms with van der Waals surface area (Å²) in [7, 11) is 0. The summed E-state index contributed by atoms with van der Waals surface area (Å²) in [4.78, 5) is 11.6. The molecule has 1 aromatic carbocycles. The van der Waals surface area contributed by atoms with Crippen molar-refractivity contribution in [3.8, 4) is 17.0 Å². The summed E-state index contributed by atoms with van der Waals surface area (Å²) < 4.78 is 4.70. The predicted octanol–water partition coefficient (Wildman–Crippen LogP) is 2.78. The second-order valence-corrected chi connectivity index (χ2v) is 4.54. The van der Waals surface area contributed by atoms with Crippen LogP contribution in [0.15, 0.2) is 27.6 Å². The van der Waals surface area contributed by atoms with Gasteiger partial charge in [0, 0.05) is 11.0 Å². The van der Waals surface area contributed by atoms with Gasteiger partial charge in [0.2, 0.25) is 5.76 Å². The van der Waals surface area contributed by atoms with E-state index < -0.39 is 5.97 Å². The number of phenols is 1. The van der Waals surface area contributed by atoms with Crippen molar-refractivity contribution in [2.24, 2.45) is 0 Å². The standard InChI is InChI=1S/C12H11NO4S/c1-6-3-4-9(18-2)10(11(6)14)7-5-8(12(15)16)17-13-7/h3-5,14H,1-2H3,(H,15,16). The monoisotopic (exact) mass is 265 g/mol. The molecule has 0 radical (unpaired) electrons.